The number of rotatable bonds is 2. The van der Waals surface area contributed by atoms with Crippen molar-refractivity contribution < 1.29 is 4.57 Å². The SMILES string of the molecule is O=c1[se]c2ccccc2c[n+]1Cc1ccccc1. The molecule has 0 aliphatic carbocycles. The van der Waals surface area contributed by atoms with Gasteiger partial charge in [0.05, 0.1) is 0 Å². The van der Waals surface area contributed by atoms with Crippen molar-refractivity contribution in [3.63, 3.8) is 0 Å². The fourth-order valence-electron chi connectivity index (χ4n) is 1.94. The molecule has 0 aliphatic heterocycles. The minimum atomic E-state index is -0.0971. The Hall–Kier alpha value is -1.70. The van der Waals surface area contributed by atoms with Crippen molar-refractivity contribution in [3.05, 3.63) is 75.6 Å². The molecule has 0 saturated carbocycles. The number of hydrogen-bond donors (Lipinski definition) is 0. The molecule has 0 radical (unpaired) electrons. The van der Waals surface area contributed by atoms with Crippen LogP contribution in [0.15, 0.2) is 65.6 Å². The first kappa shape index (κ1) is 11.4. The Morgan fingerprint density at radius 3 is 2.50 bits per heavy atom. The molecule has 0 aliphatic rings. The Labute approximate surface area is 111 Å². The summed E-state index contributed by atoms with van der Waals surface area (Å²) in [4.78, 5) is 12.1. The van der Waals surface area contributed by atoms with E-state index in [1.54, 1.807) is 0 Å². The molecule has 3 aromatic rings. The zero-order chi connectivity index (χ0) is 12.4. The van der Waals surface area contributed by atoms with Crippen molar-refractivity contribution in [2.45, 2.75) is 6.54 Å². The molecule has 2 aromatic carbocycles. The summed E-state index contributed by atoms with van der Waals surface area (Å²) in [5.41, 5.74) is 1.16. The van der Waals surface area contributed by atoms with Crippen molar-refractivity contribution in [1.29, 1.82) is 0 Å². The van der Waals surface area contributed by atoms with Gasteiger partial charge in [-0.15, -0.1) is 0 Å². The third kappa shape index (κ3) is 2.28. The van der Waals surface area contributed by atoms with Crippen LogP contribution in [0.2, 0.25) is 0 Å². The van der Waals surface area contributed by atoms with Gasteiger partial charge in [-0.3, -0.25) is 0 Å². The standard InChI is InChI=1S/C15H12NOSe/c17-15-16(10-12-6-2-1-3-7-12)11-13-8-4-5-9-14(13)18-15/h1-9,11H,10H2/q+1. The van der Waals surface area contributed by atoms with E-state index in [4.69, 9.17) is 0 Å². The Morgan fingerprint density at radius 2 is 1.67 bits per heavy atom. The van der Waals surface area contributed by atoms with Gasteiger partial charge in [-0.25, -0.2) is 0 Å². The van der Waals surface area contributed by atoms with Crippen LogP contribution in [0.4, 0.5) is 0 Å². The molecule has 0 unspecified atom stereocenters. The van der Waals surface area contributed by atoms with E-state index in [1.807, 2.05) is 47.2 Å². The van der Waals surface area contributed by atoms with Gasteiger partial charge < -0.3 is 0 Å². The Bertz CT molecular complexity index is 734. The summed E-state index contributed by atoms with van der Waals surface area (Å²) < 4.78 is 3.24. The van der Waals surface area contributed by atoms with Gasteiger partial charge in [0, 0.05) is 0 Å². The van der Waals surface area contributed by atoms with Gasteiger partial charge in [0.1, 0.15) is 0 Å². The molecular formula is C15H12NOSe+. The summed E-state index contributed by atoms with van der Waals surface area (Å²) in [7, 11) is 0. The average molecular weight is 301 g/mol. The molecule has 0 fully saturated rings. The van der Waals surface area contributed by atoms with Crippen LogP contribution in [0.5, 0.6) is 0 Å². The van der Waals surface area contributed by atoms with Gasteiger partial charge in [-0.05, 0) is 0 Å². The van der Waals surface area contributed by atoms with E-state index in [9.17, 15) is 4.79 Å². The van der Waals surface area contributed by atoms with Gasteiger partial charge in [-0.2, -0.15) is 0 Å². The third-order valence-corrected chi connectivity index (χ3v) is 4.94. The summed E-state index contributed by atoms with van der Waals surface area (Å²) in [6, 6.07) is 18.2. The molecule has 3 rings (SSSR count). The van der Waals surface area contributed by atoms with Gasteiger partial charge in [0.2, 0.25) is 0 Å². The molecule has 18 heavy (non-hydrogen) atoms. The summed E-state index contributed by atoms with van der Waals surface area (Å²) in [5, 5.41) is 1.17. The summed E-state index contributed by atoms with van der Waals surface area (Å²) in [5.74, 6) is 0. The first-order valence-corrected chi connectivity index (χ1v) is 7.50. The zero-order valence-corrected chi connectivity index (χ0v) is 11.5. The Morgan fingerprint density at radius 1 is 0.944 bits per heavy atom. The zero-order valence-electron chi connectivity index (χ0n) is 9.74. The van der Waals surface area contributed by atoms with Crippen molar-refractivity contribution in [2.24, 2.45) is 0 Å². The van der Waals surface area contributed by atoms with E-state index >= 15 is 0 Å². The fraction of sp³-hybridized carbons (Fsp3) is 0.0667. The predicted octanol–water partition coefficient (Wildman–Crippen LogP) is 1.59. The topological polar surface area (TPSA) is 20.9 Å². The number of aromatic nitrogens is 1. The molecule has 0 amide bonds. The fourth-order valence-corrected chi connectivity index (χ4v) is 3.64. The first-order valence-electron chi connectivity index (χ1n) is 5.79. The summed E-state index contributed by atoms with van der Waals surface area (Å²) in [6.07, 6.45) is 1.97. The number of benzene rings is 2. The summed E-state index contributed by atoms with van der Waals surface area (Å²) in [6.45, 7) is 0.662. The monoisotopic (exact) mass is 302 g/mol. The van der Waals surface area contributed by atoms with Crippen molar-refractivity contribution >= 4 is 24.1 Å². The second-order valence-electron chi connectivity index (χ2n) is 4.15. The van der Waals surface area contributed by atoms with Crippen LogP contribution in [-0.4, -0.2) is 14.5 Å². The molecule has 0 spiro atoms. The van der Waals surface area contributed by atoms with Gasteiger partial charge in [0.15, 0.2) is 0 Å². The second kappa shape index (κ2) is 4.89. The van der Waals surface area contributed by atoms with E-state index in [1.165, 1.54) is 9.65 Å². The van der Waals surface area contributed by atoms with Crippen LogP contribution in [0.3, 0.4) is 0 Å². The van der Waals surface area contributed by atoms with Gasteiger partial charge >= 0.3 is 111 Å². The molecular weight excluding hydrogens is 289 g/mol. The first-order chi connectivity index (χ1) is 8.83. The van der Waals surface area contributed by atoms with Crippen LogP contribution in [0.1, 0.15) is 5.56 Å². The van der Waals surface area contributed by atoms with E-state index in [0.717, 1.165) is 5.56 Å². The number of hydrogen-bond acceptors (Lipinski definition) is 1. The van der Waals surface area contributed by atoms with Crippen LogP contribution in [0, 0.1) is 0 Å². The second-order valence-corrected chi connectivity index (χ2v) is 6.23. The molecule has 0 saturated heterocycles. The minimum absolute atomic E-state index is 0.0971. The van der Waals surface area contributed by atoms with E-state index in [-0.39, 0.29) is 18.9 Å². The van der Waals surface area contributed by atoms with Crippen molar-refractivity contribution in [3.8, 4) is 0 Å². The number of fused-ring (bicyclic) bond motifs is 1. The van der Waals surface area contributed by atoms with Crippen LogP contribution in [-0.2, 0) is 6.54 Å². The van der Waals surface area contributed by atoms with Crippen molar-refractivity contribution in [1.82, 2.24) is 0 Å². The molecule has 0 N–H and O–H groups in total. The average Bonchev–Trinajstić information content (AvgIpc) is 2.41. The Kier molecular flexibility index (Phi) is 3.09. The maximum absolute atomic E-state index is 12.1. The van der Waals surface area contributed by atoms with Gasteiger partial charge in [0.25, 0.3) is 0 Å². The van der Waals surface area contributed by atoms with E-state index < -0.39 is 0 Å². The van der Waals surface area contributed by atoms with Crippen LogP contribution < -0.4 is 9.00 Å². The molecule has 88 valence electrons. The number of nitrogens with zero attached hydrogens (tertiary/aromatic N) is 1. The molecule has 1 heterocycles. The third-order valence-electron chi connectivity index (χ3n) is 2.84. The van der Waals surface area contributed by atoms with E-state index in [0.29, 0.717) is 6.54 Å². The van der Waals surface area contributed by atoms with Crippen LogP contribution >= 0.6 is 0 Å². The quantitative estimate of drug-likeness (QED) is 0.520. The maximum atomic E-state index is 12.1. The van der Waals surface area contributed by atoms with E-state index in [2.05, 4.69) is 18.2 Å². The Balaban J connectivity index is 2.07. The molecule has 0 bridgehead atoms. The van der Waals surface area contributed by atoms with Gasteiger partial charge in [-0.1, -0.05) is 0 Å². The van der Waals surface area contributed by atoms with Crippen LogP contribution in [0.25, 0.3) is 9.65 Å². The molecule has 3 heteroatoms. The predicted molar refractivity (Wildman–Crippen MR) is 72.9 cm³/mol. The summed E-state index contributed by atoms with van der Waals surface area (Å²) >= 11 is -0.0971. The molecule has 2 nitrogen and oxygen atoms in total. The normalized spacial score (nSPS) is 10.7. The molecule has 1 aromatic heterocycles. The molecule has 0 atom stereocenters. The van der Waals surface area contributed by atoms with Crippen molar-refractivity contribution in [2.75, 3.05) is 0 Å².